The summed E-state index contributed by atoms with van der Waals surface area (Å²) in [5, 5.41) is 0. The maximum absolute atomic E-state index is 12.2. The van der Waals surface area contributed by atoms with Crippen molar-refractivity contribution in [1.82, 2.24) is 9.55 Å². The van der Waals surface area contributed by atoms with Gasteiger partial charge >= 0.3 is 35.2 Å². The van der Waals surface area contributed by atoms with Crippen molar-refractivity contribution in [3.05, 3.63) is 22.7 Å². The number of hydrogen-bond donors (Lipinski definition) is 1. The van der Waals surface area contributed by atoms with Gasteiger partial charge in [-0.15, -0.1) is 0 Å². The molecule has 1 unspecified atom stereocenters. The fraction of sp³-hybridized carbons (Fsp3) is 0.862. The van der Waals surface area contributed by atoms with Crippen LogP contribution in [0.2, 0.25) is 0 Å². The average molecular weight is 612 g/mol. The number of methoxy groups -OCH3 is 1. The molecule has 12 heteroatoms. The van der Waals surface area contributed by atoms with Gasteiger partial charge < -0.3 is 33.9 Å². The van der Waals surface area contributed by atoms with Gasteiger partial charge in [-0.1, -0.05) is 103 Å². The van der Waals surface area contributed by atoms with E-state index in [1.807, 2.05) is 0 Å². The molecule has 0 spiro atoms. The van der Waals surface area contributed by atoms with Crippen molar-refractivity contribution < 1.29 is 57.8 Å². The Morgan fingerprint density at radius 3 is 1.95 bits per heavy atom. The molecule has 1 heterocycles. The first-order valence-corrected chi connectivity index (χ1v) is 17.1. The van der Waals surface area contributed by atoms with E-state index in [0.29, 0.717) is 6.61 Å². The monoisotopic (exact) mass is 611 g/mol. The Kier molecular flexibility index (Phi) is 27.1. The van der Waals surface area contributed by atoms with Gasteiger partial charge in [0.05, 0.1) is 32.5 Å². The fourth-order valence-electron chi connectivity index (χ4n) is 4.46. The van der Waals surface area contributed by atoms with E-state index in [2.05, 4.69) is 11.9 Å². The van der Waals surface area contributed by atoms with Crippen LogP contribution in [0.25, 0.3) is 0 Å². The van der Waals surface area contributed by atoms with Crippen molar-refractivity contribution in [2.45, 2.75) is 122 Å². The summed E-state index contributed by atoms with van der Waals surface area (Å²) in [7, 11) is -2.76. The molecule has 0 saturated heterocycles. The van der Waals surface area contributed by atoms with Crippen LogP contribution >= 0.6 is 7.60 Å². The van der Waals surface area contributed by atoms with Gasteiger partial charge in [-0.2, -0.15) is 4.98 Å². The van der Waals surface area contributed by atoms with Crippen molar-refractivity contribution >= 4 is 13.4 Å². The molecule has 0 radical (unpaired) electrons. The zero-order valence-corrected chi connectivity index (χ0v) is 29.0. The largest absolute Gasteiger partial charge is 1.00 e. The van der Waals surface area contributed by atoms with Crippen LogP contribution in [0.15, 0.2) is 17.1 Å². The topological polar surface area (TPSA) is 138 Å². The molecule has 0 bridgehead atoms. The number of nitrogens with two attached hydrogens (primary N) is 1. The van der Waals surface area contributed by atoms with E-state index in [0.717, 1.165) is 12.8 Å². The summed E-state index contributed by atoms with van der Waals surface area (Å²) < 4.78 is 34.5. The molecule has 0 aromatic carbocycles. The Balaban J connectivity index is 0.0000160. The van der Waals surface area contributed by atoms with Gasteiger partial charge in [0.1, 0.15) is 12.2 Å². The summed E-state index contributed by atoms with van der Waals surface area (Å²) >= 11 is 0. The van der Waals surface area contributed by atoms with Crippen LogP contribution < -0.4 is 45.9 Å². The first-order chi connectivity index (χ1) is 19.4. The number of ether oxygens (including phenoxy) is 3. The van der Waals surface area contributed by atoms with Gasteiger partial charge in [0, 0.05) is 19.9 Å². The summed E-state index contributed by atoms with van der Waals surface area (Å²) in [6.07, 6.45) is 21.3. The van der Waals surface area contributed by atoms with E-state index >= 15 is 0 Å². The predicted molar refractivity (Wildman–Crippen MR) is 158 cm³/mol. The number of nitrogen functional groups attached to an aromatic ring is 1. The van der Waals surface area contributed by atoms with Gasteiger partial charge in [0.25, 0.3) is 0 Å². The van der Waals surface area contributed by atoms with E-state index in [9.17, 15) is 14.3 Å². The Morgan fingerprint density at radius 2 is 1.44 bits per heavy atom. The molecule has 0 aliphatic carbocycles. The number of aromatic nitrogens is 2. The zero-order chi connectivity index (χ0) is 29.3. The number of nitrogens with zero attached hydrogens (tertiary/aromatic N) is 2. The Hall–Kier alpha value is -0.290. The van der Waals surface area contributed by atoms with E-state index in [1.165, 1.54) is 114 Å². The van der Waals surface area contributed by atoms with Gasteiger partial charge in [-0.3, -0.25) is 4.57 Å². The van der Waals surface area contributed by atoms with Crippen molar-refractivity contribution in [1.29, 1.82) is 0 Å². The molecular formula is C29H55N3NaO7P. The number of anilines is 1. The van der Waals surface area contributed by atoms with Crippen LogP contribution in [-0.2, 0) is 29.8 Å². The molecular weight excluding hydrogens is 556 g/mol. The predicted octanol–water partition coefficient (Wildman–Crippen LogP) is 2.67. The first kappa shape index (κ1) is 40.7. The first-order valence-electron chi connectivity index (χ1n) is 15.3. The summed E-state index contributed by atoms with van der Waals surface area (Å²) in [6.45, 7) is 3.18. The summed E-state index contributed by atoms with van der Waals surface area (Å²) in [5.41, 5.74) is 4.94. The van der Waals surface area contributed by atoms with Crippen molar-refractivity contribution in [3.8, 4) is 0 Å². The Labute approximate surface area is 270 Å². The minimum absolute atomic E-state index is 0. The third kappa shape index (κ3) is 23.8. The molecule has 2 atom stereocenters. The molecule has 0 aliphatic heterocycles. The Bertz CT molecular complexity index is 847. The van der Waals surface area contributed by atoms with Crippen molar-refractivity contribution in [2.75, 3.05) is 45.6 Å². The molecule has 0 fully saturated rings. The second-order valence-electron chi connectivity index (χ2n) is 10.5. The second kappa shape index (κ2) is 27.3. The summed E-state index contributed by atoms with van der Waals surface area (Å²) in [6, 6.07) is 1.48. The van der Waals surface area contributed by atoms with Crippen molar-refractivity contribution in [3.63, 3.8) is 0 Å². The van der Waals surface area contributed by atoms with Crippen molar-refractivity contribution in [2.24, 2.45) is 0 Å². The third-order valence-electron chi connectivity index (χ3n) is 6.77. The molecule has 41 heavy (non-hydrogen) atoms. The molecule has 2 N–H and O–H groups in total. The van der Waals surface area contributed by atoms with E-state index in [1.54, 1.807) is 0 Å². The molecule has 10 nitrogen and oxygen atoms in total. The van der Waals surface area contributed by atoms with E-state index in [-0.39, 0.29) is 61.7 Å². The van der Waals surface area contributed by atoms with Crippen LogP contribution in [0.1, 0.15) is 110 Å². The standard InChI is InChI=1S/C29H56N3O7P.Na/c1-3-4-5-6-7-8-9-10-11-12-13-14-15-16-17-18-21-37-22-23-39-40(34,35)26-38-27(25-36-2)24-32-20-19-28(30)31-29(32)33;/h19-20,27H,3-18,21-26H2,1-2H3,(H,34,35)(H2,30,31,33);/q;+1/p-1/t27-;/m0./s1. The zero-order valence-electron chi connectivity index (χ0n) is 26.1. The van der Waals surface area contributed by atoms with Crippen LogP contribution in [0.4, 0.5) is 5.82 Å². The quantitative estimate of drug-likeness (QED) is 0.0861. The average Bonchev–Trinajstić information content (AvgIpc) is 2.92. The molecule has 234 valence electrons. The van der Waals surface area contributed by atoms with Gasteiger partial charge in [0.15, 0.2) is 7.60 Å². The summed E-state index contributed by atoms with van der Waals surface area (Å²) in [4.78, 5) is 27.7. The normalized spacial score (nSPS) is 13.5. The smallest absolute Gasteiger partial charge is 0.777 e. The van der Waals surface area contributed by atoms with Crippen LogP contribution in [0.3, 0.4) is 0 Å². The Morgan fingerprint density at radius 1 is 0.902 bits per heavy atom. The second-order valence-corrected chi connectivity index (χ2v) is 12.3. The van der Waals surface area contributed by atoms with E-state index in [4.69, 9.17) is 24.5 Å². The van der Waals surface area contributed by atoms with Crippen LogP contribution in [0, 0.1) is 0 Å². The minimum atomic E-state index is -4.22. The molecule has 1 aromatic rings. The van der Waals surface area contributed by atoms with Gasteiger partial charge in [0.2, 0.25) is 0 Å². The number of rotatable bonds is 28. The molecule has 1 rings (SSSR count). The third-order valence-corrected chi connectivity index (χ3v) is 7.82. The maximum atomic E-state index is 12.2. The van der Waals surface area contributed by atoms with E-state index < -0.39 is 25.7 Å². The molecule has 1 aromatic heterocycles. The number of unbranched alkanes of at least 4 members (excludes halogenated alkanes) is 15. The maximum Gasteiger partial charge on any atom is 1.00 e. The summed E-state index contributed by atoms with van der Waals surface area (Å²) in [5.74, 6) is 0.111. The number of hydrogen-bond acceptors (Lipinski definition) is 9. The fourth-order valence-corrected chi connectivity index (χ4v) is 5.28. The molecule has 0 saturated carbocycles. The SMILES string of the molecule is CCCCCCCCCCCCCCCCCCOCCOP(=O)([O-])CO[C@H](COC)Cn1ccc(N)nc1=O.[Na+]. The minimum Gasteiger partial charge on any atom is -0.777 e. The molecule has 0 amide bonds. The van der Waals surface area contributed by atoms with Gasteiger partial charge in [-0.05, 0) is 12.5 Å². The van der Waals surface area contributed by atoms with Gasteiger partial charge in [-0.25, -0.2) is 4.79 Å². The van der Waals surface area contributed by atoms with Crippen LogP contribution in [-0.4, -0.2) is 55.5 Å². The van der Waals surface area contributed by atoms with Crippen LogP contribution in [0.5, 0.6) is 0 Å². The molecule has 0 aliphatic rings.